The van der Waals surface area contributed by atoms with Crippen LogP contribution in [0.1, 0.15) is 31.9 Å². The van der Waals surface area contributed by atoms with E-state index in [4.69, 9.17) is 19.1 Å². The molecular weight excluding hydrogens is 590 g/mol. The zero-order valence-corrected chi connectivity index (χ0v) is 23.0. The standard InChI is InChI=1S/C18H28N4O14P2S/c1-19-7-2-3-15(24)32-11-33-16(25)5-4-13(23)20-12-6-8-22(18(26)21-12)14-10-39-17(35-14)9-34-38(30,31)36-37(27,28)29/h6,8,14,17,19H,2-5,7,9-11H2,1H3,(H,30,31)(H2,27,28,29)(H,20,21,23,26)/p-2/t14-,17+/m0/s1. The van der Waals surface area contributed by atoms with Crippen LogP contribution in [0.3, 0.4) is 0 Å². The van der Waals surface area contributed by atoms with Crippen molar-refractivity contribution in [2.45, 2.75) is 37.3 Å². The third-order valence-corrected chi connectivity index (χ3v) is 7.70. The minimum Gasteiger partial charge on any atom is -0.756 e. The highest BCUT2D eigenvalue weighted by Crippen LogP contribution is 2.53. The van der Waals surface area contributed by atoms with E-state index in [0.29, 0.717) is 13.0 Å². The maximum atomic E-state index is 12.4. The Labute approximate surface area is 225 Å². The lowest BCUT2D eigenvalue weighted by Crippen LogP contribution is -2.29. The fraction of sp³-hybridized carbons (Fsp3) is 0.611. The van der Waals surface area contributed by atoms with Gasteiger partial charge in [-0.1, -0.05) is 0 Å². The Morgan fingerprint density at radius 3 is 2.56 bits per heavy atom. The first-order valence-electron chi connectivity index (χ1n) is 11.1. The van der Waals surface area contributed by atoms with Gasteiger partial charge >= 0.3 is 17.6 Å². The van der Waals surface area contributed by atoms with E-state index in [0.717, 1.165) is 16.3 Å². The number of carbonyl (C=O) groups is 3. The number of hydrogen-bond donors (Lipinski definition) is 3. The van der Waals surface area contributed by atoms with Gasteiger partial charge in [0.25, 0.3) is 15.6 Å². The van der Waals surface area contributed by atoms with E-state index in [2.05, 4.69) is 24.5 Å². The number of nitrogens with zero attached hydrogens (tertiary/aromatic N) is 2. The summed E-state index contributed by atoms with van der Waals surface area (Å²) in [7, 11) is -9.19. The number of ether oxygens (including phenoxy) is 3. The second-order valence-corrected chi connectivity index (χ2v) is 11.5. The number of amides is 1. The van der Waals surface area contributed by atoms with Crippen LogP contribution in [-0.4, -0.2) is 70.5 Å². The van der Waals surface area contributed by atoms with Crippen molar-refractivity contribution < 1.29 is 61.2 Å². The molecule has 18 nitrogen and oxygen atoms in total. The second kappa shape index (κ2) is 15.6. The van der Waals surface area contributed by atoms with Crippen LogP contribution in [0.15, 0.2) is 17.1 Å². The van der Waals surface area contributed by atoms with Crippen LogP contribution in [0, 0.1) is 0 Å². The van der Waals surface area contributed by atoms with Crippen LogP contribution in [0.5, 0.6) is 0 Å². The topological polar surface area (TPSA) is 257 Å². The highest BCUT2D eigenvalue weighted by atomic mass is 32.2. The summed E-state index contributed by atoms with van der Waals surface area (Å²) in [6.45, 7) is -0.603. The molecule has 4 atom stereocenters. The van der Waals surface area contributed by atoms with E-state index in [1.165, 1.54) is 12.3 Å². The third-order valence-electron chi connectivity index (χ3n) is 4.52. The minimum atomic E-state index is -5.57. The number of phosphoric ester groups is 1. The second-order valence-electron chi connectivity index (χ2n) is 7.56. The Morgan fingerprint density at radius 1 is 1.23 bits per heavy atom. The molecule has 0 spiro atoms. The van der Waals surface area contributed by atoms with Gasteiger partial charge in [-0.3, -0.25) is 28.1 Å². The number of esters is 2. The Bertz CT molecular complexity index is 1160. The maximum absolute atomic E-state index is 12.4. The molecule has 39 heavy (non-hydrogen) atoms. The molecule has 0 bridgehead atoms. The third kappa shape index (κ3) is 13.1. The summed E-state index contributed by atoms with van der Waals surface area (Å²) in [6, 6.07) is 1.29. The van der Waals surface area contributed by atoms with Crippen molar-refractivity contribution >= 4 is 51.1 Å². The number of phosphoric acid groups is 2. The normalized spacial score (nSPS) is 20.0. The lowest BCUT2D eigenvalue weighted by atomic mass is 10.3. The molecule has 1 aromatic heterocycles. The van der Waals surface area contributed by atoms with E-state index in [1.807, 2.05) is 0 Å². The molecular formula is C18H26N4O14P2S-2. The number of nitrogens with one attached hydrogen (secondary N) is 2. The molecule has 0 aromatic carbocycles. The van der Waals surface area contributed by atoms with Crippen LogP contribution in [0.25, 0.3) is 0 Å². The Morgan fingerprint density at radius 2 is 1.92 bits per heavy atom. The molecule has 1 amide bonds. The highest BCUT2D eigenvalue weighted by molar-refractivity contribution is 8.00. The van der Waals surface area contributed by atoms with Crippen LogP contribution in [-0.2, 0) is 46.6 Å². The predicted octanol–water partition coefficient (Wildman–Crippen LogP) is -1.44. The first-order valence-corrected chi connectivity index (χ1v) is 15.1. The summed E-state index contributed by atoms with van der Waals surface area (Å²) in [6.07, 6.45) is 0.482. The molecule has 1 saturated heterocycles. The van der Waals surface area contributed by atoms with Gasteiger partial charge in [0.1, 0.15) is 17.5 Å². The first kappa shape index (κ1) is 33.0. The van der Waals surface area contributed by atoms with Crippen molar-refractivity contribution in [3.05, 3.63) is 22.7 Å². The molecule has 1 aromatic rings. The van der Waals surface area contributed by atoms with Crippen LogP contribution in [0.4, 0.5) is 5.82 Å². The van der Waals surface area contributed by atoms with E-state index >= 15 is 0 Å². The smallest absolute Gasteiger partial charge is 0.351 e. The van der Waals surface area contributed by atoms with Gasteiger partial charge in [0.05, 0.1) is 13.0 Å². The van der Waals surface area contributed by atoms with Crippen molar-refractivity contribution in [1.82, 2.24) is 14.9 Å². The van der Waals surface area contributed by atoms with Gasteiger partial charge in [-0.05, 0) is 26.1 Å². The van der Waals surface area contributed by atoms with Gasteiger partial charge in [-0.15, -0.1) is 11.8 Å². The summed E-state index contributed by atoms with van der Waals surface area (Å²) in [5, 5.41) is 5.22. The van der Waals surface area contributed by atoms with Crippen LogP contribution >= 0.6 is 27.4 Å². The summed E-state index contributed by atoms with van der Waals surface area (Å²) < 4.78 is 45.7. The number of anilines is 1. The summed E-state index contributed by atoms with van der Waals surface area (Å²) in [5.41, 5.74) is -1.75. The zero-order chi connectivity index (χ0) is 29.1. The van der Waals surface area contributed by atoms with Gasteiger partial charge in [0.15, 0.2) is 0 Å². The van der Waals surface area contributed by atoms with E-state index < -0.39 is 64.2 Å². The van der Waals surface area contributed by atoms with E-state index in [9.17, 15) is 38.1 Å². The zero-order valence-electron chi connectivity index (χ0n) is 20.4. The fourth-order valence-electron chi connectivity index (χ4n) is 2.82. The molecule has 0 saturated carbocycles. The van der Waals surface area contributed by atoms with Crippen molar-refractivity contribution in [2.24, 2.45) is 0 Å². The SMILES string of the molecule is CNCCCC(=O)OCOC(=O)CCC(=O)Nc1ccn([C@@H]2CS[C@H](COP(=O)([O-])OP(=O)([O-])O)O2)c(=O)n1. The Hall–Kier alpha value is -2.18. The van der Waals surface area contributed by atoms with Crippen molar-refractivity contribution in [3.8, 4) is 0 Å². The summed E-state index contributed by atoms with van der Waals surface area (Å²) >= 11 is 1.04. The molecule has 1 aliphatic rings. The average molecular weight is 616 g/mol. The number of thioether (sulfide) groups is 1. The lowest BCUT2D eigenvalue weighted by molar-refractivity contribution is -0.241. The minimum absolute atomic E-state index is 0.105. The lowest BCUT2D eigenvalue weighted by Gasteiger charge is -2.27. The number of hydrogen-bond acceptors (Lipinski definition) is 16. The van der Waals surface area contributed by atoms with Crippen LogP contribution in [0.2, 0.25) is 0 Å². The van der Waals surface area contributed by atoms with E-state index in [1.54, 1.807) is 7.05 Å². The van der Waals surface area contributed by atoms with Gasteiger partial charge in [0, 0.05) is 24.8 Å². The molecule has 3 N–H and O–H groups in total. The largest absolute Gasteiger partial charge is 0.756 e. The first-order chi connectivity index (χ1) is 18.3. The van der Waals surface area contributed by atoms with Gasteiger partial charge in [-0.2, -0.15) is 4.98 Å². The Balaban J connectivity index is 1.74. The fourth-order valence-corrected chi connectivity index (χ4v) is 5.42. The molecule has 21 heteroatoms. The summed E-state index contributed by atoms with van der Waals surface area (Å²) in [4.78, 5) is 81.6. The van der Waals surface area contributed by atoms with Gasteiger partial charge in [-0.25, -0.2) is 9.11 Å². The van der Waals surface area contributed by atoms with Crippen molar-refractivity contribution in [1.29, 1.82) is 0 Å². The Kier molecular flexibility index (Phi) is 13.2. The molecule has 220 valence electrons. The van der Waals surface area contributed by atoms with Crippen LogP contribution < -0.4 is 26.1 Å². The van der Waals surface area contributed by atoms with E-state index in [-0.39, 0.29) is 30.8 Å². The van der Waals surface area contributed by atoms with Crippen molar-refractivity contribution in [2.75, 3.05) is 38.1 Å². The quantitative estimate of drug-likeness (QED) is 0.0831. The number of rotatable bonds is 16. The van der Waals surface area contributed by atoms with Gasteiger partial charge in [0.2, 0.25) is 12.7 Å². The molecule has 2 rings (SSSR count). The van der Waals surface area contributed by atoms with Gasteiger partial charge < -0.3 is 44.0 Å². The average Bonchev–Trinajstić information content (AvgIpc) is 3.29. The predicted molar refractivity (Wildman–Crippen MR) is 127 cm³/mol. The molecule has 1 fully saturated rings. The van der Waals surface area contributed by atoms with Crippen molar-refractivity contribution in [3.63, 3.8) is 0 Å². The monoisotopic (exact) mass is 616 g/mol. The highest BCUT2D eigenvalue weighted by Gasteiger charge is 2.30. The molecule has 2 unspecified atom stereocenters. The molecule has 0 aliphatic carbocycles. The molecule has 1 aliphatic heterocycles. The number of carbonyl (C=O) groups excluding carboxylic acids is 3. The molecule has 2 heterocycles. The maximum Gasteiger partial charge on any atom is 0.351 e. The number of aromatic nitrogens is 2. The summed E-state index contributed by atoms with van der Waals surface area (Å²) in [5.74, 6) is -1.88. The molecule has 0 radical (unpaired) electrons.